The van der Waals surface area contributed by atoms with E-state index < -0.39 is 0 Å². The number of hydrogen-bond acceptors (Lipinski definition) is 2. The van der Waals surface area contributed by atoms with Crippen LogP contribution in [0.2, 0.25) is 0 Å². The van der Waals surface area contributed by atoms with Crippen LogP contribution in [0.1, 0.15) is 31.7 Å². The van der Waals surface area contributed by atoms with Gasteiger partial charge in [0, 0.05) is 19.1 Å². The lowest BCUT2D eigenvalue weighted by Gasteiger charge is -2.32. The number of likely N-dealkylation sites (tertiary alicyclic amines) is 1. The van der Waals surface area contributed by atoms with Gasteiger partial charge in [-0.1, -0.05) is 18.6 Å². The Bertz CT molecular complexity index is 344. The number of rotatable bonds is 5. The summed E-state index contributed by atoms with van der Waals surface area (Å²) in [6.45, 7) is 6.57. The van der Waals surface area contributed by atoms with Crippen molar-refractivity contribution in [3.63, 3.8) is 0 Å². The Morgan fingerprint density at radius 3 is 2.50 bits per heavy atom. The highest BCUT2D eigenvalue weighted by atomic mass is 19.1. The monoisotopic (exact) mass is 250 g/mol. The summed E-state index contributed by atoms with van der Waals surface area (Å²) in [5.41, 5.74) is 1.14. The molecule has 3 heteroatoms. The van der Waals surface area contributed by atoms with Gasteiger partial charge in [-0.2, -0.15) is 0 Å². The van der Waals surface area contributed by atoms with Crippen molar-refractivity contribution in [3.8, 4) is 0 Å². The summed E-state index contributed by atoms with van der Waals surface area (Å²) in [4.78, 5) is 2.56. The van der Waals surface area contributed by atoms with Gasteiger partial charge in [0.2, 0.25) is 0 Å². The SMILES string of the molecule is CC(CNCc1ccc(F)cc1)N1CCCCC1. The number of benzene rings is 1. The van der Waals surface area contributed by atoms with Crippen LogP contribution >= 0.6 is 0 Å². The second kappa shape index (κ2) is 6.86. The largest absolute Gasteiger partial charge is 0.311 e. The molecule has 0 amide bonds. The molecule has 100 valence electrons. The summed E-state index contributed by atoms with van der Waals surface area (Å²) in [6.07, 6.45) is 4.05. The first-order valence-corrected chi connectivity index (χ1v) is 6.95. The third-order valence-corrected chi connectivity index (χ3v) is 3.70. The first-order valence-electron chi connectivity index (χ1n) is 6.95. The molecule has 2 rings (SSSR count). The predicted octanol–water partition coefficient (Wildman–Crippen LogP) is 2.79. The lowest BCUT2D eigenvalue weighted by molar-refractivity contribution is 0.170. The third-order valence-electron chi connectivity index (χ3n) is 3.70. The van der Waals surface area contributed by atoms with Crippen LogP contribution in [0.4, 0.5) is 4.39 Å². The van der Waals surface area contributed by atoms with Crippen LogP contribution in [0.3, 0.4) is 0 Å². The second-order valence-corrected chi connectivity index (χ2v) is 5.20. The number of nitrogens with zero attached hydrogens (tertiary/aromatic N) is 1. The number of piperidine rings is 1. The van der Waals surface area contributed by atoms with Gasteiger partial charge in [-0.05, 0) is 50.6 Å². The van der Waals surface area contributed by atoms with Crippen molar-refractivity contribution < 1.29 is 4.39 Å². The third kappa shape index (κ3) is 4.07. The van der Waals surface area contributed by atoms with Gasteiger partial charge in [0.1, 0.15) is 5.82 Å². The number of nitrogens with one attached hydrogen (secondary N) is 1. The molecule has 0 spiro atoms. The normalized spacial score (nSPS) is 18.8. The Kier molecular flexibility index (Phi) is 5.14. The van der Waals surface area contributed by atoms with Crippen molar-refractivity contribution in [1.82, 2.24) is 10.2 Å². The van der Waals surface area contributed by atoms with Gasteiger partial charge in [-0.15, -0.1) is 0 Å². The highest BCUT2D eigenvalue weighted by Crippen LogP contribution is 2.11. The Labute approximate surface area is 109 Å². The molecular formula is C15H23FN2. The quantitative estimate of drug-likeness (QED) is 0.864. The highest BCUT2D eigenvalue weighted by molar-refractivity contribution is 5.15. The van der Waals surface area contributed by atoms with Crippen LogP contribution in [0.25, 0.3) is 0 Å². The molecule has 1 aromatic carbocycles. The van der Waals surface area contributed by atoms with Gasteiger partial charge in [-0.3, -0.25) is 4.90 Å². The van der Waals surface area contributed by atoms with Crippen molar-refractivity contribution in [1.29, 1.82) is 0 Å². The molecule has 2 nitrogen and oxygen atoms in total. The zero-order chi connectivity index (χ0) is 12.8. The van der Waals surface area contributed by atoms with E-state index in [9.17, 15) is 4.39 Å². The van der Waals surface area contributed by atoms with Gasteiger partial charge in [0.15, 0.2) is 0 Å². The maximum absolute atomic E-state index is 12.8. The fourth-order valence-corrected chi connectivity index (χ4v) is 2.52. The van der Waals surface area contributed by atoms with Crippen LogP contribution in [0.15, 0.2) is 24.3 Å². The van der Waals surface area contributed by atoms with Crippen LogP contribution in [-0.2, 0) is 6.54 Å². The van der Waals surface area contributed by atoms with E-state index in [4.69, 9.17) is 0 Å². The fourth-order valence-electron chi connectivity index (χ4n) is 2.52. The average Bonchev–Trinajstić information content (AvgIpc) is 2.42. The fraction of sp³-hybridized carbons (Fsp3) is 0.600. The van der Waals surface area contributed by atoms with E-state index in [1.807, 2.05) is 12.1 Å². The van der Waals surface area contributed by atoms with E-state index in [2.05, 4.69) is 17.1 Å². The molecule has 1 N–H and O–H groups in total. The summed E-state index contributed by atoms with van der Waals surface area (Å²) in [5.74, 6) is -0.166. The topological polar surface area (TPSA) is 15.3 Å². The summed E-state index contributed by atoms with van der Waals surface area (Å²) < 4.78 is 12.8. The van der Waals surface area contributed by atoms with E-state index in [0.717, 1.165) is 18.7 Å². The standard InChI is InChI=1S/C15H23FN2/c1-13(18-9-3-2-4-10-18)11-17-12-14-5-7-15(16)8-6-14/h5-8,13,17H,2-4,9-12H2,1H3. The minimum atomic E-state index is -0.166. The maximum atomic E-state index is 12.8. The summed E-state index contributed by atoms with van der Waals surface area (Å²) >= 11 is 0. The van der Waals surface area contributed by atoms with Gasteiger partial charge < -0.3 is 5.32 Å². The molecule has 0 saturated carbocycles. The maximum Gasteiger partial charge on any atom is 0.123 e. The van der Waals surface area contributed by atoms with Gasteiger partial charge in [-0.25, -0.2) is 4.39 Å². The van der Waals surface area contributed by atoms with E-state index in [-0.39, 0.29) is 5.82 Å². The molecule has 0 bridgehead atoms. The van der Waals surface area contributed by atoms with E-state index in [1.54, 1.807) is 0 Å². The number of halogens is 1. The van der Waals surface area contributed by atoms with E-state index in [0.29, 0.717) is 6.04 Å². The summed E-state index contributed by atoms with van der Waals surface area (Å²) in [6, 6.07) is 7.31. The molecule has 1 aliphatic rings. The molecule has 1 atom stereocenters. The molecule has 0 aliphatic carbocycles. The highest BCUT2D eigenvalue weighted by Gasteiger charge is 2.15. The molecule has 1 saturated heterocycles. The molecule has 1 fully saturated rings. The first kappa shape index (κ1) is 13.5. The summed E-state index contributed by atoms with van der Waals surface area (Å²) in [5, 5.41) is 3.45. The molecule has 0 aromatic heterocycles. The van der Waals surface area contributed by atoms with Crippen LogP contribution in [0.5, 0.6) is 0 Å². The van der Waals surface area contributed by atoms with Crippen LogP contribution < -0.4 is 5.32 Å². The van der Waals surface area contributed by atoms with Gasteiger partial charge >= 0.3 is 0 Å². The Morgan fingerprint density at radius 1 is 1.17 bits per heavy atom. The van der Waals surface area contributed by atoms with Crippen molar-refractivity contribution in [2.24, 2.45) is 0 Å². The van der Waals surface area contributed by atoms with Gasteiger partial charge in [0.05, 0.1) is 0 Å². The Balaban J connectivity index is 1.69. The van der Waals surface area contributed by atoms with Crippen LogP contribution in [-0.4, -0.2) is 30.6 Å². The van der Waals surface area contributed by atoms with Gasteiger partial charge in [0.25, 0.3) is 0 Å². The van der Waals surface area contributed by atoms with E-state index in [1.165, 1.54) is 44.5 Å². The van der Waals surface area contributed by atoms with Crippen molar-refractivity contribution in [3.05, 3.63) is 35.6 Å². The minimum Gasteiger partial charge on any atom is -0.311 e. The molecule has 1 aliphatic heterocycles. The lowest BCUT2D eigenvalue weighted by Crippen LogP contribution is -2.42. The van der Waals surface area contributed by atoms with Crippen molar-refractivity contribution >= 4 is 0 Å². The molecule has 1 aromatic rings. The van der Waals surface area contributed by atoms with Crippen molar-refractivity contribution in [2.45, 2.75) is 38.8 Å². The molecular weight excluding hydrogens is 227 g/mol. The Morgan fingerprint density at radius 2 is 1.83 bits per heavy atom. The molecule has 1 heterocycles. The molecule has 18 heavy (non-hydrogen) atoms. The van der Waals surface area contributed by atoms with E-state index >= 15 is 0 Å². The number of hydrogen-bond donors (Lipinski definition) is 1. The smallest absolute Gasteiger partial charge is 0.123 e. The van der Waals surface area contributed by atoms with Crippen molar-refractivity contribution in [2.75, 3.05) is 19.6 Å². The average molecular weight is 250 g/mol. The molecule has 1 unspecified atom stereocenters. The zero-order valence-corrected chi connectivity index (χ0v) is 11.2. The molecule has 0 radical (unpaired) electrons. The zero-order valence-electron chi connectivity index (χ0n) is 11.2. The first-order chi connectivity index (χ1) is 8.75. The Hall–Kier alpha value is -0.930. The minimum absolute atomic E-state index is 0.166. The lowest BCUT2D eigenvalue weighted by atomic mass is 10.1. The summed E-state index contributed by atoms with van der Waals surface area (Å²) in [7, 11) is 0. The van der Waals surface area contributed by atoms with Crippen LogP contribution in [0, 0.1) is 5.82 Å². The predicted molar refractivity (Wildman–Crippen MR) is 73.0 cm³/mol. The second-order valence-electron chi connectivity index (χ2n) is 5.20.